The molecule has 0 radical (unpaired) electrons. The third-order valence-electron chi connectivity index (χ3n) is 2.87. The highest BCUT2D eigenvalue weighted by molar-refractivity contribution is 9.10. The van der Waals surface area contributed by atoms with Crippen LogP contribution in [0.5, 0.6) is 5.75 Å². The van der Waals surface area contributed by atoms with Gasteiger partial charge in [-0.15, -0.1) is 0 Å². The van der Waals surface area contributed by atoms with Crippen LogP contribution in [0.2, 0.25) is 0 Å². The van der Waals surface area contributed by atoms with Crippen LogP contribution in [0.3, 0.4) is 0 Å². The number of benzene rings is 2. The first-order valence-corrected chi connectivity index (χ1v) is 6.46. The van der Waals surface area contributed by atoms with Crippen LogP contribution in [0.1, 0.15) is 21.5 Å². The predicted molar refractivity (Wildman–Crippen MR) is 75.3 cm³/mol. The lowest BCUT2D eigenvalue weighted by molar-refractivity contribution is 0.103. The number of methoxy groups -OCH3 is 1. The van der Waals surface area contributed by atoms with Crippen molar-refractivity contribution in [3.63, 3.8) is 0 Å². The maximum Gasteiger partial charge on any atom is 0.196 e. The summed E-state index contributed by atoms with van der Waals surface area (Å²) in [6, 6.07) is 9.58. The molecule has 2 nitrogen and oxygen atoms in total. The normalized spacial score (nSPS) is 10.3. The van der Waals surface area contributed by atoms with E-state index in [0.717, 1.165) is 10.0 Å². The monoisotopic (exact) mass is 322 g/mol. The van der Waals surface area contributed by atoms with Crippen molar-refractivity contribution in [2.45, 2.75) is 6.92 Å². The van der Waals surface area contributed by atoms with E-state index in [1.807, 2.05) is 19.1 Å². The van der Waals surface area contributed by atoms with Crippen molar-refractivity contribution in [2.75, 3.05) is 7.11 Å². The molecule has 0 amide bonds. The van der Waals surface area contributed by atoms with Crippen LogP contribution in [0, 0.1) is 12.7 Å². The second kappa shape index (κ2) is 5.53. The molecule has 0 saturated carbocycles. The smallest absolute Gasteiger partial charge is 0.196 e. The van der Waals surface area contributed by atoms with Gasteiger partial charge in [0.1, 0.15) is 11.6 Å². The number of ketones is 1. The number of ether oxygens (including phenoxy) is 1. The van der Waals surface area contributed by atoms with Crippen molar-refractivity contribution in [1.82, 2.24) is 0 Å². The molecule has 98 valence electrons. The molecule has 0 heterocycles. The van der Waals surface area contributed by atoms with Crippen LogP contribution >= 0.6 is 15.9 Å². The van der Waals surface area contributed by atoms with E-state index in [1.165, 1.54) is 19.2 Å². The zero-order valence-electron chi connectivity index (χ0n) is 10.5. The molecule has 2 rings (SSSR count). The van der Waals surface area contributed by atoms with Crippen LogP contribution in [0.25, 0.3) is 0 Å². The Bertz CT molecular complexity index is 638. The highest BCUT2D eigenvalue weighted by atomic mass is 79.9. The summed E-state index contributed by atoms with van der Waals surface area (Å²) >= 11 is 3.31. The second-order valence-corrected chi connectivity index (χ2v) is 5.05. The van der Waals surface area contributed by atoms with Crippen LogP contribution in [0.15, 0.2) is 40.9 Å². The van der Waals surface area contributed by atoms with Gasteiger partial charge in [0.2, 0.25) is 0 Å². The summed E-state index contributed by atoms with van der Waals surface area (Å²) in [7, 11) is 1.45. The SMILES string of the molecule is COc1ccc(C(=O)c2cc(Br)ccc2C)c(F)c1. The fourth-order valence-electron chi connectivity index (χ4n) is 1.79. The van der Waals surface area contributed by atoms with Gasteiger partial charge < -0.3 is 4.74 Å². The maximum absolute atomic E-state index is 13.9. The first-order valence-electron chi connectivity index (χ1n) is 5.67. The van der Waals surface area contributed by atoms with Crippen LogP contribution < -0.4 is 4.74 Å². The van der Waals surface area contributed by atoms with Crippen molar-refractivity contribution in [3.05, 3.63) is 63.4 Å². The van der Waals surface area contributed by atoms with Crippen LogP contribution in [-0.2, 0) is 0 Å². The topological polar surface area (TPSA) is 26.3 Å². The van der Waals surface area contributed by atoms with Gasteiger partial charge in [0.25, 0.3) is 0 Å². The molecule has 19 heavy (non-hydrogen) atoms. The highest BCUT2D eigenvalue weighted by Crippen LogP contribution is 2.23. The van der Waals surface area contributed by atoms with Crippen LogP contribution in [0.4, 0.5) is 4.39 Å². The van der Waals surface area contributed by atoms with Crippen molar-refractivity contribution >= 4 is 21.7 Å². The minimum absolute atomic E-state index is 0.0435. The number of hydrogen-bond donors (Lipinski definition) is 0. The van der Waals surface area contributed by atoms with Crippen molar-refractivity contribution in [3.8, 4) is 5.75 Å². The predicted octanol–water partition coefficient (Wildman–Crippen LogP) is 4.14. The molecule has 0 spiro atoms. The standard InChI is InChI=1S/C15H12BrFO2/c1-9-3-4-10(16)7-13(9)15(18)12-6-5-11(19-2)8-14(12)17/h3-8H,1-2H3. The van der Waals surface area contributed by atoms with Gasteiger partial charge in [0.15, 0.2) is 5.78 Å². The Morgan fingerprint density at radius 2 is 1.89 bits per heavy atom. The van der Waals surface area contributed by atoms with Gasteiger partial charge in [-0.1, -0.05) is 22.0 Å². The molecule has 2 aromatic rings. The second-order valence-electron chi connectivity index (χ2n) is 4.13. The number of carbonyl (C=O) groups excluding carboxylic acids is 1. The lowest BCUT2D eigenvalue weighted by Crippen LogP contribution is -2.06. The van der Waals surface area contributed by atoms with E-state index in [4.69, 9.17) is 4.74 Å². The van der Waals surface area contributed by atoms with Gasteiger partial charge in [0, 0.05) is 16.1 Å². The van der Waals surface area contributed by atoms with Crippen LogP contribution in [-0.4, -0.2) is 12.9 Å². The van der Waals surface area contributed by atoms with Crippen molar-refractivity contribution < 1.29 is 13.9 Å². The Hall–Kier alpha value is -1.68. The number of carbonyl (C=O) groups is 1. The van der Waals surface area contributed by atoms with Crippen molar-refractivity contribution in [1.29, 1.82) is 0 Å². The number of rotatable bonds is 3. The average Bonchev–Trinajstić information content (AvgIpc) is 2.40. The van der Waals surface area contributed by atoms with Gasteiger partial charge in [-0.2, -0.15) is 0 Å². The third kappa shape index (κ3) is 2.84. The van der Waals surface area contributed by atoms with E-state index < -0.39 is 5.82 Å². The van der Waals surface area contributed by atoms with E-state index >= 15 is 0 Å². The molecule has 0 atom stereocenters. The van der Waals surface area contributed by atoms with E-state index in [2.05, 4.69) is 15.9 Å². The van der Waals surface area contributed by atoms with Gasteiger partial charge in [-0.05, 0) is 36.8 Å². The minimum atomic E-state index is -0.580. The molecule has 0 N–H and O–H groups in total. The summed E-state index contributed by atoms with van der Waals surface area (Å²) in [6.45, 7) is 1.82. The quantitative estimate of drug-likeness (QED) is 0.794. The van der Waals surface area contributed by atoms with Gasteiger partial charge in [-0.25, -0.2) is 4.39 Å². The molecular formula is C15H12BrFO2. The lowest BCUT2D eigenvalue weighted by Gasteiger charge is -2.08. The Labute approximate surface area is 119 Å². The number of aryl methyl sites for hydroxylation is 1. The van der Waals surface area contributed by atoms with Gasteiger partial charge >= 0.3 is 0 Å². The molecule has 0 unspecified atom stereocenters. The fraction of sp³-hybridized carbons (Fsp3) is 0.133. The first kappa shape index (κ1) is 13.7. The summed E-state index contributed by atoms with van der Waals surface area (Å²) in [4.78, 5) is 12.3. The Kier molecular flexibility index (Phi) is 4.00. The van der Waals surface area contributed by atoms with E-state index in [9.17, 15) is 9.18 Å². The number of hydrogen-bond acceptors (Lipinski definition) is 2. The van der Waals surface area contributed by atoms with Gasteiger partial charge in [0.05, 0.1) is 12.7 Å². The number of halogens is 2. The molecular weight excluding hydrogens is 311 g/mol. The molecule has 0 aliphatic heterocycles. The molecule has 0 aliphatic carbocycles. The summed E-state index contributed by atoms with van der Waals surface area (Å²) in [6.07, 6.45) is 0. The molecule has 0 aromatic heterocycles. The molecule has 0 fully saturated rings. The molecule has 0 bridgehead atoms. The highest BCUT2D eigenvalue weighted by Gasteiger charge is 2.16. The summed E-state index contributed by atoms with van der Waals surface area (Å²) in [5.41, 5.74) is 1.34. The largest absolute Gasteiger partial charge is 0.497 e. The molecule has 2 aromatic carbocycles. The maximum atomic E-state index is 13.9. The third-order valence-corrected chi connectivity index (χ3v) is 3.36. The van der Waals surface area contributed by atoms with E-state index in [1.54, 1.807) is 12.1 Å². The molecule has 4 heteroatoms. The molecule has 0 saturated heterocycles. The molecule has 0 aliphatic rings. The summed E-state index contributed by atoms with van der Waals surface area (Å²) in [5.74, 6) is -0.525. The van der Waals surface area contributed by atoms with Crippen molar-refractivity contribution in [2.24, 2.45) is 0 Å². The zero-order chi connectivity index (χ0) is 14.0. The Balaban J connectivity index is 2.47. The minimum Gasteiger partial charge on any atom is -0.497 e. The Morgan fingerprint density at radius 1 is 1.16 bits per heavy atom. The fourth-order valence-corrected chi connectivity index (χ4v) is 2.15. The Morgan fingerprint density at radius 3 is 2.53 bits per heavy atom. The van der Waals surface area contributed by atoms with Gasteiger partial charge in [-0.3, -0.25) is 4.79 Å². The van der Waals surface area contributed by atoms with E-state index in [0.29, 0.717) is 11.3 Å². The summed E-state index contributed by atoms with van der Waals surface area (Å²) in [5, 5.41) is 0. The summed E-state index contributed by atoms with van der Waals surface area (Å²) < 4.78 is 19.6. The zero-order valence-corrected chi connectivity index (χ0v) is 12.1. The van der Waals surface area contributed by atoms with E-state index in [-0.39, 0.29) is 11.3 Å². The average molecular weight is 323 g/mol. The lowest BCUT2D eigenvalue weighted by atomic mass is 9.99. The first-order chi connectivity index (χ1) is 9.02.